The van der Waals surface area contributed by atoms with Crippen LogP contribution in [0.2, 0.25) is 0 Å². The monoisotopic (exact) mass is 276 g/mol. The first-order valence-electron chi connectivity index (χ1n) is 5.44. The van der Waals surface area contributed by atoms with Crippen molar-refractivity contribution in [2.75, 3.05) is 13.1 Å². The third-order valence-electron chi connectivity index (χ3n) is 2.74. The van der Waals surface area contributed by atoms with E-state index in [2.05, 4.69) is 4.99 Å². The van der Waals surface area contributed by atoms with Gasteiger partial charge in [0, 0.05) is 17.8 Å². The van der Waals surface area contributed by atoms with Crippen LogP contribution in [0.3, 0.4) is 0 Å². The van der Waals surface area contributed by atoms with Gasteiger partial charge in [-0.3, -0.25) is 4.99 Å². The molecule has 0 spiro atoms. The Morgan fingerprint density at radius 2 is 1.94 bits per heavy atom. The molecule has 7 heteroatoms. The second kappa shape index (κ2) is 3.96. The lowest BCUT2D eigenvalue weighted by atomic mass is 9.95. The number of aliphatic imine (C=N–C) groups is 1. The molecule has 0 aromatic carbocycles. The van der Waals surface area contributed by atoms with Crippen molar-refractivity contribution >= 4 is 16.2 Å². The molecule has 0 unspecified atom stereocenters. The van der Waals surface area contributed by atoms with Crippen LogP contribution in [0.5, 0.6) is 0 Å². The van der Waals surface area contributed by atoms with Gasteiger partial charge in [-0.1, -0.05) is 19.9 Å². The van der Waals surface area contributed by atoms with Gasteiger partial charge in [0.2, 0.25) is 10.0 Å². The zero-order chi connectivity index (χ0) is 13.6. The maximum absolute atomic E-state index is 12.7. The Hall–Kier alpha value is -1.08. The standard InChI is InChI=1S/C11H14F2N2O2S/c1-10(2)4-3-9(5-14-6-10)18(16,17)15-7-11(12,13)8-15/h3-6H,7-8H2,1-2H3. The molecule has 100 valence electrons. The van der Waals surface area contributed by atoms with Crippen molar-refractivity contribution in [3.63, 3.8) is 0 Å². The summed E-state index contributed by atoms with van der Waals surface area (Å²) < 4.78 is 50.2. The Balaban J connectivity index is 2.23. The van der Waals surface area contributed by atoms with Crippen LogP contribution >= 0.6 is 0 Å². The summed E-state index contributed by atoms with van der Waals surface area (Å²) in [5.74, 6) is -2.91. The molecule has 2 aliphatic heterocycles. The normalized spacial score (nSPS) is 26.3. The maximum atomic E-state index is 12.7. The van der Waals surface area contributed by atoms with E-state index < -0.39 is 29.0 Å². The molecule has 0 radical (unpaired) electrons. The van der Waals surface area contributed by atoms with Gasteiger partial charge in [-0.15, -0.1) is 0 Å². The van der Waals surface area contributed by atoms with Crippen LogP contribution in [-0.2, 0) is 10.0 Å². The molecule has 1 fully saturated rings. The number of allylic oxidation sites excluding steroid dienone is 2. The summed E-state index contributed by atoms with van der Waals surface area (Å²) >= 11 is 0. The van der Waals surface area contributed by atoms with Crippen LogP contribution in [0.15, 0.2) is 28.2 Å². The molecule has 18 heavy (non-hydrogen) atoms. The number of sulfonamides is 1. The Bertz CT molecular complexity index is 539. The van der Waals surface area contributed by atoms with E-state index in [1.165, 1.54) is 12.3 Å². The summed E-state index contributed by atoms with van der Waals surface area (Å²) in [5.41, 5.74) is -0.355. The van der Waals surface area contributed by atoms with E-state index in [9.17, 15) is 17.2 Å². The van der Waals surface area contributed by atoms with Crippen LogP contribution < -0.4 is 0 Å². The van der Waals surface area contributed by atoms with Crippen molar-refractivity contribution < 1.29 is 17.2 Å². The highest BCUT2D eigenvalue weighted by Crippen LogP contribution is 2.32. The van der Waals surface area contributed by atoms with Crippen molar-refractivity contribution in [2.24, 2.45) is 10.4 Å². The average Bonchev–Trinajstić information content (AvgIpc) is 2.36. The number of halogens is 2. The highest BCUT2D eigenvalue weighted by Gasteiger charge is 2.50. The Morgan fingerprint density at radius 3 is 2.50 bits per heavy atom. The third kappa shape index (κ3) is 2.51. The molecule has 0 bridgehead atoms. The molecule has 0 aromatic rings. The molecular formula is C11H14F2N2O2S. The van der Waals surface area contributed by atoms with E-state index >= 15 is 0 Å². The predicted molar refractivity (Wildman–Crippen MR) is 64.9 cm³/mol. The fourth-order valence-electron chi connectivity index (χ4n) is 1.63. The van der Waals surface area contributed by atoms with Crippen molar-refractivity contribution in [1.29, 1.82) is 0 Å². The molecule has 0 saturated carbocycles. The zero-order valence-electron chi connectivity index (χ0n) is 10.1. The first kappa shape index (κ1) is 13.4. The van der Waals surface area contributed by atoms with Gasteiger partial charge < -0.3 is 0 Å². The Labute approximate surface area is 105 Å². The van der Waals surface area contributed by atoms with E-state index in [0.29, 0.717) is 0 Å². The second-order valence-electron chi connectivity index (χ2n) is 5.09. The smallest absolute Gasteiger partial charge is 0.267 e. The number of alkyl halides is 2. The first-order valence-corrected chi connectivity index (χ1v) is 6.88. The molecular weight excluding hydrogens is 262 g/mol. The predicted octanol–water partition coefficient (Wildman–Crippen LogP) is 1.78. The number of nitrogens with zero attached hydrogens (tertiary/aromatic N) is 2. The molecule has 0 aliphatic carbocycles. The molecule has 2 aliphatic rings. The van der Waals surface area contributed by atoms with Crippen LogP contribution in [-0.4, -0.2) is 37.9 Å². The minimum Gasteiger partial charge on any atom is -0.267 e. The number of hydrogen-bond acceptors (Lipinski definition) is 3. The summed E-state index contributed by atoms with van der Waals surface area (Å²) in [7, 11) is -3.86. The summed E-state index contributed by atoms with van der Waals surface area (Å²) in [6.07, 6.45) is 5.90. The molecule has 0 atom stereocenters. The lowest BCUT2D eigenvalue weighted by Crippen LogP contribution is -2.58. The molecule has 0 aromatic heterocycles. The largest absolute Gasteiger partial charge is 0.275 e. The molecule has 4 nitrogen and oxygen atoms in total. The summed E-state index contributed by atoms with van der Waals surface area (Å²) in [4.78, 5) is 3.85. The van der Waals surface area contributed by atoms with Crippen LogP contribution in [0.25, 0.3) is 0 Å². The lowest BCUT2D eigenvalue weighted by Gasteiger charge is -2.37. The molecule has 2 rings (SSSR count). The van der Waals surface area contributed by atoms with Gasteiger partial charge >= 0.3 is 0 Å². The molecule has 0 N–H and O–H groups in total. The van der Waals surface area contributed by atoms with E-state index in [1.807, 2.05) is 13.8 Å². The van der Waals surface area contributed by atoms with Gasteiger partial charge in [-0.05, 0) is 6.08 Å². The zero-order valence-corrected chi connectivity index (χ0v) is 10.9. The molecule has 0 amide bonds. The van der Waals surface area contributed by atoms with E-state index in [4.69, 9.17) is 0 Å². The summed E-state index contributed by atoms with van der Waals surface area (Å²) in [6.45, 7) is 2.23. The van der Waals surface area contributed by atoms with Crippen molar-refractivity contribution in [1.82, 2.24) is 4.31 Å². The summed E-state index contributed by atoms with van der Waals surface area (Å²) in [5, 5.41) is 0. The lowest BCUT2D eigenvalue weighted by molar-refractivity contribution is -0.0941. The van der Waals surface area contributed by atoms with Crippen molar-refractivity contribution in [3.8, 4) is 0 Å². The fourth-order valence-corrected chi connectivity index (χ4v) is 3.08. The SMILES string of the molecule is CC1(C)C=CC(S(=O)(=O)N2CC(F)(F)C2)=CN=C1. The van der Waals surface area contributed by atoms with Gasteiger partial charge in [0.1, 0.15) is 4.91 Å². The average molecular weight is 276 g/mol. The van der Waals surface area contributed by atoms with Gasteiger partial charge in [-0.25, -0.2) is 17.2 Å². The molecule has 1 saturated heterocycles. The van der Waals surface area contributed by atoms with Crippen LogP contribution in [0.1, 0.15) is 13.8 Å². The highest BCUT2D eigenvalue weighted by molar-refractivity contribution is 7.93. The highest BCUT2D eigenvalue weighted by atomic mass is 32.2. The van der Waals surface area contributed by atoms with Gasteiger partial charge in [0.05, 0.1) is 13.1 Å². The van der Waals surface area contributed by atoms with E-state index in [1.54, 1.807) is 12.3 Å². The van der Waals surface area contributed by atoms with Gasteiger partial charge in [-0.2, -0.15) is 4.31 Å². The first-order chi connectivity index (χ1) is 8.12. The minimum atomic E-state index is -3.86. The quantitative estimate of drug-likeness (QED) is 0.772. The maximum Gasteiger partial charge on any atom is 0.275 e. The van der Waals surface area contributed by atoms with Gasteiger partial charge in [0.15, 0.2) is 0 Å². The van der Waals surface area contributed by atoms with Crippen molar-refractivity contribution in [2.45, 2.75) is 19.8 Å². The van der Waals surface area contributed by atoms with E-state index in [0.717, 1.165) is 4.31 Å². The van der Waals surface area contributed by atoms with Crippen molar-refractivity contribution in [3.05, 3.63) is 23.3 Å². The Kier molecular flexibility index (Phi) is 2.94. The fraction of sp³-hybridized carbons (Fsp3) is 0.545. The Morgan fingerprint density at radius 1 is 1.33 bits per heavy atom. The topological polar surface area (TPSA) is 49.7 Å². The van der Waals surface area contributed by atoms with E-state index in [-0.39, 0.29) is 10.3 Å². The van der Waals surface area contributed by atoms with Crippen LogP contribution in [0.4, 0.5) is 8.78 Å². The number of hydrogen-bond donors (Lipinski definition) is 0. The summed E-state index contributed by atoms with van der Waals surface area (Å²) in [6, 6.07) is 0. The number of rotatable bonds is 2. The van der Waals surface area contributed by atoms with Crippen LogP contribution in [0, 0.1) is 5.41 Å². The third-order valence-corrected chi connectivity index (χ3v) is 4.51. The minimum absolute atomic E-state index is 0.0557. The van der Waals surface area contributed by atoms with Gasteiger partial charge in [0.25, 0.3) is 5.92 Å². The molecule has 2 heterocycles. The second-order valence-corrected chi connectivity index (χ2v) is 7.03.